The van der Waals surface area contributed by atoms with Gasteiger partial charge in [-0.2, -0.15) is 0 Å². The van der Waals surface area contributed by atoms with E-state index in [0.29, 0.717) is 23.0 Å². The van der Waals surface area contributed by atoms with Crippen molar-refractivity contribution in [1.82, 2.24) is 0 Å². The molecule has 0 unspecified atom stereocenters. The summed E-state index contributed by atoms with van der Waals surface area (Å²) in [5.41, 5.74) is 5.03. The smallest absolute Gasteiger partial charge is 0.220 e. The number of ether oxygens (including phenoxy) is 4. The van der Waals surface area contributed by atoms with Gasteiger partial charge in [0.15, 0.2) is 11.5 Å². The fraction of sp³-hybridized carbons (Fsp3) is 0.417. The molecule has 0 fully saturated rings. The normalized spacial score (nSPS) is 9.72. The van der Waals surface area contributed by atoms with Crippen molar-refractivity contribution >= 4 is 5.91 Å². The van der Waals surface area contributed by atoms with Crippen molar-refractivity contribution in [3.8, 4) is 23.0 Å². The van der Waals surface area contributed by atoms with Crippen molar-refractivity contribution in [3.63, 3.8) is 0 Å². The Kier molecular flexibility index (Phi) is 5.10. The molecular formula is C12H17NO5. The number of methoxy groups -OCH3 is 3. The van der Waals surface area contributed by atoms with Crippen LogP contribution in [0.4, 0.5) is 0 Å². The van der Waals surface area contributed by atoms with Crippen molar-refractivity contribution in [3.05, 3.63) is 12.1 Å². The average molecular weight is 255 g/mol. The van der Waals surface area contributed by atoms with E-state index in [0.717, 1.165) is 0 Å². The molecule has 1 amide bonds. The number of carbonyl (C=O) groups is 1. The second kappa shape index (κ2) is 6.58. The van der Waals surface area contributed by atoms with Crippen LogP contribution in [0.2, 0.25) is 0 Å². The Bertz CT molecular complexity index is 394. The summed E-state index contributed by atoms with van der Waals surface area (Å²) in [6, 6.07) is 3.31. The third-order valence-electron chi connectivity index (χ3n) is 2.26. The van der Waals surface area contributed by atoms with Gasteiger partial charge in [-0.25, -0.2) is 0 Å². The maximum atomic E-state index is 10.6. The predicted molar refractivity (Wildman–Crippen MR) is 65.4 cm³/mol. The molecule has 0 aliphatic heterocycles. The van der Waals surface area contributed by atoms with Gasteiger partial charge in [-0.05, 0) is 0 Å². The zero-order valence-electron chi connectivity index (χ0n) is 10.7. The fourth-order valence-corrected chi connectivity index (χ4v) is 1.41. The Hall–Kier alpha value is -2.11. The zero-order valence-corrected chi connectivity index (χ0v) is 10.7. The van der Waals surface area contributed by atoms with Crippen molar-refractivity contribution in [1.29, 1.82) is 0 Å². The third kappa shape index (κ3) is 3.44. The molecule has 6 heteroatoms. The maximum absolute atomic E-state index is 10.6. The van der Waals surface area contributed by atoms with Crippen molar-refractivity contribution in [2.45, 2.75) is 6.42 Å². The Morgan fingerprint density at radius 3 is 2.06 bits per heavy atom. The monoisotopic (exact) mass is 255 g/mol. The Balaban J connectivity index is 2.89. The lowest BCUT2D eigenvalue weighted by Crippen LogP contribution is -2.14. The number of hydrogen-bond acceptors (Lipinski definition) is 5. The van der Waals surface area contributed by atoms with E-state index in [1.807, 2.05) is 0 Å². The van der Waals surface area contributed by atoms with Gasteiger partial charge in [0.05, 0.1) is 34.4 Å². The molecule has 2 N–H and O–H groups in total. The summed E-state index contributed by atoms with van der Waals surface area (Å²) in [6.45, 7) is 0.202. The highest BCUT2D eigenvalue weighted by atomic mass is 16.5. The molecule has 1 aromatic carbocycles. The van der Waals surface area contributed by atoms with Gasteiger partial charge in [-0.1, -0.05) is 0 Å². The van der Waals surface area contributed by atoms with E-state index in [-0.39, 0.29) is 13.0 Å². The summed E-state index contributed by atoms with van der Waals surface area (Å²) in [4.78, 5) is 10.6. The highest BCUT2D eigenvalue weighted by molar-refractivity contribution is 5.73. The summed E-state index contributed by atoms with van der Waals surface area (Å²) in [5, 5.41) is 0. The van der Waals surface area contributed by atoms with Gasteiger partial charge in [0, 0.05) is 12.1 Å². The van der Waals surface area contributed by atoms with Crippen molar-refractivity contribution in [2.24, 2.45) is 5.73 Å². The highest BCUT2D eigenvalue weighted by Gasteiger charge is 2.13. The van der Waals surface area contributed by atoms with Crippen LogP contribution < -0.4 is 24.7 Å². The van der Waals surface area contributed by atoms with Crippen LogP contribution in [0.3, 0.4) is 0 Å². The molecule has 0 atom stereocenters. The quantitative estimate of drug-likeness (QED) is 0.785. The number of rotatable bonds is 7. The summed E-state index contributed by atoms with van der Waals surface area (Å²) in [7, 11) is 4.56. The summed E-state index contributed by atoms with van der Waals surface area (Å²) < 4.78 is 20.9. The molecule has 6 nitrogen and oxygen atoms in total. The lowest BCUT2D eigenvalue weighted by molar-refractivity contribution is -0.118. The van der Waals surface area contributed by atoms with Crippen LogP contribution in [0.1, 0.15) is 6.42 Å². The minimum Gasteiger partial charge on any atom is -0.493 e. The summed E-state index contributed by atoms with van der Waals surface area (Å²) >= 11 is 0. The van der Waals surface area contributed by atoms with Gasteiger partial charge in [-0.15, -0.1) is 0 Å². The van der Waals surface area contributed by atoms with Crippen LogP contribution in [0, 0.1) is 0 Å². The van der Waals surface area contributed by atoms with Crippen molar-refractivity contribution < 1.29 is 23.7 Å². The predicted octanol–water partition coefficient (Wildman–Crippen LogP) is 0.967. The minimum atomic E-state index is -0.414. The number of nitrogens with two attached hydrogens (primary N) is 1. The van der Waals surface area contributed by atoms with Gasteiger partial charge in [0.25, 0.3) is 0 Å². The van der Waals surface area contributed by atoms with Gasteiger partial charge >= 0.3 is 0 Å². The van der Waals surface area contributed by atoms with E-state index in [4.69, 9.17) is 24.7 Å². The van der Waals surface area contributed by atoms with Crippen LogP contribution in [0.15, 0.2) is 12.1 Å². The molecule has 0 spiro atoms. The first kappa shape index (κ1) is 14.0. The second-order valence-corrected chi connectivity index (χ2v) is 3.43. The van der Waals surface area contributed by atoms with Gasteiger partial charge in [-0.3, -0.25) is 4.79 Å². The van der Waals surface area contributed by atoms with E-state index in [1.54, 1.807) is 12.1 Å². The van der Waals surface area contributed by atoms with Crippen LogP contribution in [-0.2, 0) is 4.79 Å². The Morgan fingerprint density at radius 1 is 1.11 bits per heavy atom. The van der Waals surface area contributed by atoms with E-state index in [1.165, 1.54) is 21.3 Å². The molecule has 0 saturated heterocycles. The molecule has 1 rings (SSSR count). The van der Waals surface area contributed by atoms with E-state index >= 15 is 0 Å². The summed E-state index contributed by atoms with van der Waals surface area (Å²) in [6.07, 6.45) is 0.149. The van der Waals surface area contributed by atoms with Gasteiger partial charge in [0.1, 0.15) is 5.75 Å². The number of carbonyl (C=O) groups excluding carboxylic acids is 1. The first-order valence-corrected chi connectivity index (χ1v) is 5.33. The van der Waals surface area contributed by atoms with Gasteiger partial charge in [0.2, 0.25) is 11.7 Å². The molecule has 18 heavy (non-hydrogen) atoms. The molecule has 100 valence electrons. The first-order valence-electron chi connectivity index (χ1n) is 5.33. The summed E-state index contributed by atoms with van der Waals surface area (Å²) in [5.74, 6) is 1.58. The molecule has 1 aromatic rings. The maximum Gasteiger partial charge on any atom is 0.220 e. The van der Waals surface area contributed by atoms with Gasteiger partial charge < -0.3 is 24.7 Å². The van der Waals surface area contributed by atoms with E-state index in [9.17, 15) is 4.79 Å². The largest absolute Gasteiger partial charge is 0.493 e. The topological polar surface area (TPSA) is 80.0 Å². The first-order chi connectivity index (χ1) is 8.62. The number of benzene rings is 1. The minimum absolute atomic E-state index is 0.149. The molecule has 0 heterocycles. The second-order valence-electron chi connectivity index (χ2n) is 3.43. The lowest BCUT2D eigenvalue weighted by Gasteiger charge is -2.14. The van der Waals surface area contributed by atoms with Crippen LogP contribution >= 0.6 is 0 Å². The molecule has 0 saturated carbocycles. The molecular weight excluding hydrogens is 238 g/mol. The zero-order chi connectivity index (χ0) is 13.5. The highest BCUT2D eigenvalue weighted by Crippen LogP contribution is 2.40. The van der Waals surface area contributed by atoms with E-state index in [2.05, 4.69) is 0 Å². The number of hydrogen-bond donors (Lipinski definition) is 1. The molecule has 0 aliphatic carbocycles. The standard InChI is InChI=1S/C12H17NO5/c1-15-9-6-8(18-5-4-11(13)14)7-10(16-2)12(9)17-3/h6-7H,4-5H2,1-3H3,(H2,13,14). The van der Waals surface area contributed by atoms with E-state index < -0.39 is 5.91 Å². The average Bonchev–Trinajstić information content (AvgIpc) is 2.36. The van der Waals surface area contributed by atoms with Crippen molar-refractivity contribution in [2.75, 3.05) is 27.9 Å². The molecule has 0 aromatic heterocycles. The number of amides is 1. The fourth-order valence-electron chi connectivity index (χ4n) is 1.41. The Morgan fingerprint density at radius 2 is 1.67 bits per heavy atom. The van der Waals surface area contributed by atoms with Crippen LogP contribution in [0.5, 0.6) is 23.0 Å². The molecule has 0 radical (unpaired) electrons. The SMILES string of the molecule is COc1cc(OCCC(N)=O)cc(OC)c1OC. The molecule has 0 aliphatic rings. The van der Waals surface area contributed by atoms with Crippen LogP contribution in [0.25, 0.3) is 0 Å². The third-order valence-corrected chi connectivity index (χ3v) is 2.26. The lowest BCUT2D eigenvalue weighted by atomic mass is 10.2. The number of primary amides is 1. The van der Waals surface area contributed by atoms with Crippen LogP contribution in [-0.4, -0.2) is 33.8 Å². The molecule has 0 bridgehead atoms. The Labute approximate surface area is 106 Å².